The predicted molar refractivity (Wildman–Crippen MR) is 103 cm³/mol. The fraction of sp³-hybridized carbons (Fsp3) is 0.476. The Morgan fingerprint density at radius 1 is 1.30 bits per heavy atom. The summed E-state index contributed by atoms with van der Waals surface area (Å²) in [5.74, 6) is -3.42. The number of aliphatic hydroxyl groups excluding tert-OH is 3. The number of phenolic OH excluding ortho intramolecular Hbond substituents is 2. The molecule has 0 radical (unpaired) electrons. The van der Waals surface area contributed by atoms with Gasteiger partial charge in [-0.15, -0.1) is 0 Å². The van der Waals surface area contributed by atoms with E-state index >= 15 is 0 Å². The molecule has 5 atom stereocenters. The number of esters is 1. The van der Waals surface area contributed by atoms with E-state index in [-0.39, 0.29) is 17.9 Å². The van der Waals surface area contributed by atoms with Gasteiger partial charge < -0.3 is 39.7 Å². The van der Waals surface area contributed by atoms with Crippen LogP contribution in [0.1, 0.15) is 30.9 Å². The van der Waals surface area contributed by atoms with Crippen LogP contribution < -0.4 is 0 Å². The van der Waals surface area contributed by atoms with E-state index in [2.05, 4.69) is 0 Å². The second-order valence-electron chi connectivity index (χ2n) is 7.21. The lowest BCUT2D eigenvalue weighted by Crippen LogP contribution is -2.64. The van der Waals surface area contributed by atoms with Gasteiger partial charge >= 0.3 is 5.97 Å². The molecule has 9 heteroatoms. The molecule has 1 saturated heterocycles. The summed E-state index contributed by atoms with van der Waals surface area (Å²) in [5, 5.41) is 51.1. The zero-order valence-electron chi connectivity index (χ0n) is 16.5. The zero-order valence-corrected chi connectivity index (χ0v) is 16.5. The fourth-order valence-corrected chi connectivity index (χ4v) is 3.68. The van der Waals surface area contributed by atoms with Crippen LogP contribution in [0.3, 0.4) is 0 Å². The molecule has 1 spiro atoms. The number of fused-ring (bicyclic) bond motifs is 2. The average Bonchev–Trinajstić information content (AvgIpc) is 3.07. The maximum absolute atomic E-state index is 12.2. The van der Waals surface area contributed by atoms with Gasteiger partial charge in [0, 0.05) is 12.1 Å². The zero-order chi connectivity index (χ0) is 21.9. The van der Waals surface area contributed by atoms with Gasteiger partial charge in [0.15, 0.2) is 12.2 Å². The smallest absolute Gasteiger partial charge is 0.331 e. The normalized spacial score (nSPS) is 30.9. The van der Waals surface area contributed by atoms with Crippen LogP contribution in [0.25, 0.3) is 0 Å². The summed E-state index contributed by atoms with van der Waals surface area (Å²) in [4.78, 5) is 12.2. The molecular weight excluding hydrogens is 396 g/mol. The van der Waals surface area contributed by atoms with Crippen molar-refractivity contribution in [3.05, 3.63) is 47.6 Å². The number of carbonyl (C=O) groups excluding carboxylic acids is 1. The quantitative estimate of drug-likeness (QED) is 0.254. The van der Waals surface area contributed by atoms with Crippen molar-refractivity contribution in [2.45, 2.75) is 56.6 Å². The summed E-state index contributed by atoms with van der Waals surface area (Å²) in [7, 11) is 0. The predicted octanol–water partition coefficient (Wildman–Crippen LogP) is 0.718. The Labute approximate surface area is 173 Å². The van der Waals surface area contributed by atoms with Gasteiger partial charge in [-0.2, -0.15) is 0 Å². The molecule has 0 aromatic heterocycles. The van der Waals surface area contributed by atoms with Gasteiger partial charge in [0.25, 0.3) is 0 Å². The van der Waals surface area contributed by atoms with E-state index in [0.29, 0.717) is 5.56 Å². The lowest BCUT2D eigenvalue weighted by Gasteiger charge is -2.47. The molecule has 1 aromatic carbocycles. The summed E-state index contributed by atoms with van der Waals surface area (Å²) >= 11 is 0. The van der Waals surface area contributed by atoms with Crippen LogP contribution in [0.2, 0.25) is 0 Å². The van der Waals surface area contributed by atoms with E-state index in [4.69, 9.17) is 14.2 Å². The molecule has 0 aliphatic carbocycles. The number of phenols is 2. The van der Waals surface area contributed by atoms with Gasteiger partial charge in [0.05, 0.1) is 18.8 Å². The van der Waals surface area contributed by atoms with Gasteiger partial charge in [-0.1, -0.05) is 31.6 Å². The van der Waals surface area contributed by atoms with Crippen LogP contribution in [0.15, 0.2) is 36.4 Å². The van der Waals surface area contributed by atoms with E-state index in [0.717, 1.165) is 25.0 Å². The topological polar surface area (TPSA) is 146 Å². The molecule has 9 nitrogen and oxygen atoms in total. The highest BCUT2D eigenvalue weighted by Crippen LogP contribution is 2.50. The van der Waals surface area contributed by atoms with Crippen LogP contribution in [-0.2, 0) is 31.4 Å². The van der Waals surface area contributed by atoms with Gasteiger partial charge in [0.2, 0.25) is 5.79 Å². The molecule has 3 rings (SSSR count). The molecule has 2 aliphatic heterocycles. The monoisotopic (exact) mass is 422 g/mol. The summed E-state index contributed by atoms with van der Waals surface area (Å²) < 4.78 is 16.5. The molecule has 1 aromatic rings. The Balaban J connectivity index is 1.88. The number of hydrogen-bond acceptors (Lipinski definition) is 9. The SMILES string of the molecule is CCC/C=C/C=C/C(=O)O[C@H]1[C@H](O)[C@@H](CO)O[C@]2(OCc3cc(O)cc(O)c32)[C@@H]1O. The van der Waals surface area contributed by atoms with Crippen LogP contribution in [-0.4, -0.2) is 62.5 Å². The minimum absolute atomic E-state index is 0.0391. The molecule has 0 amide bonds. The molecule has 164 valence electrons. The van der Waals surface area contributed by atoms with E-state index in [1.807, 2.05) is 13.0 Å². The summed E-state index contributed by atoms with van der Waals surface area (Å²) in [6.45, 7) is 1.24. The first-order valence-electron chi connectivity index (χ1n) is 9.72. The number of carbonyl (C=O) groups is 1. The first-order chi connectivity index (χ1) is 14.3. The molecule has 30 heavy (non-hydrogen) atoms. The number of rotatable bonds is 6. The lowest BCUT2D eigenvalue weighted by atomic mass is 9.87. The highest BCUT2D eigenvalue weighted by Gasteiger charge is 2.61. The Morgan fingerprint density at radius 3 is 2.77 bits per heavy atom. The number of aliphatic hydroxyl groups is 3. The van der Waals surface area contributed by atoms with E-state index in [1.165, 1.54) is 12.1 Å². The average molecular weight is 422 g/mol. The van der Waals surface area contributed by atoms with Gasteiger partial charge in [-0.3, -0.25) is 0 Å². The fourth-order valence-electron chi connectivity index (χ4n) is 3.68. The van der Waals surface area contributed by atoms with Crippen molar-refractivity contribution in [1.82, 2.24) is 0 Å². The first-order valence-corrected chi connectivity index (χ1v) is 9.72. The third kappa shape index (κ3) is 4.07. The largest absolute Gasteiger partial charge is 0.508 e. The van der Waals surface area contributed by atoms with Gasteiger partial charge in [-0.25, -0.2) is 4.79 Å². The second kappa shape index (κ2) is 9.15. The number of benzene rings is 1. The number of ether oxygens (including phenoxy) is 3. The summed E-state index contributed by atoms with van der Waals surface area (Å²) in [6.07, 6.45) is 1.95. The van der Waals surface area contributed by atoms with Gasteiger partial charge in [-0.05, 0) is 18.1 Å². The minimum atomic E-state index is -1.99. The van der Waals surface area contributed by atoms with Crippen LogP contribution in [0, 0.1) is 0 Å². The standard InChI is InChI=1S/C21H26O9/c1-2-3-4-5-6-7-16(25)29-19-18(26)15(10-22)30-21(20(19)27)17-12(11-28-21)8-13(23)9-14(17)24/h4-9,15,18-20,22-24,26-27H,2-3,10-11H2,1H3/b5-4+,7-6+/t15-,18-,19+,20-,21+/m1/s1. The van der Waals surface area contributed by atoms with Crippen molar-refractivity contribution in [1.29, 1.82) is 0 Å². The van der Waals surface area contributed by atoms with Crippen molar-refractivity contribution in [2.24, 2.45) is 0 Å². The molecule has 0 saturated carbocycles. The van der Waals surface area contributed by atoms with E-state index < -0.39 is 48.5 Å². The van der Waals surface area contributed by atoms with Crippen molar-refractivity contribution in [2.75, 3.05) is 6.61 Å². The number of allylic oxidation sites excluding steroid dienone is 3. The summed E-state index contributed by atoms with van der Waals surface area (Å²) in [6, 6.07) is 2.39. The first kappa shape index (κ1) is 22.3. The summed E-state index contributed by atoms with van der Waals surface area (Å²) in [5.41, 5.74) is 0.392. The number of unbranched alkanes of at least 4 members (excludes halogenated alkanes) is 1. The third-order valence-electron chi connectivity index (χ3n) is 5.09. The second-order valence-corrected chi connectivity index (χ2v) is 7.21. The van der Waals surface area contributed by atoms with E-state index in [9.17, 15) is 30.3 Å². The van der Waals surface area contributed by atoms with Crippen molar-refractivity contribution in [3.8, 4) is 11.5 Å². The van der Waals surface area contributed by atoms with Crippen LogP contribution in [0.4, 0.5) is 0 Å². The molecule has 0 bridgehead atoms. The number of aromatic hydroxyl groups is 2. The Hall–Kier alpha value is -2.43. The molecule has 2 aliphatic rings. The third-order valence-corrected chi connectivity index (χ3v) is 5.09. The molecule has 5 N–H and O–H groups in total. The van der Waals surface area contributed by atoms with Crippen molar-refractivity contribution < 1.29 is 44.5 Å². The minimum Gasteiger partial charge on any atom is -0.508 e. The van der Waals surface area contributed by atoms with Gasteiger partial charge in [0.1, 0.15) is 23.7 Å². The molecular formula is C21H26O9. The molecule has 2 heterocycles. The Bertz CT molecular complexity index is 834. The van der Waals surface area contributed by atoms with Crippen molar-refractivity contribution >= 4 is 5.97 Å². The maximum atomic E-state index is 12.2. The highest BCUT2D eigenvalue weighted by molar-refractivity contribution is 5.82. The maximum Gasteiger partial charge on any atom is 0.331 e. The number of hydrogen-bond donors (Lipinski definition) is 5. The molecule has 0 unspecified atom stereocenters. The molecule has 1 fully saturated rings. The van der Waals surface area contributed by atoms with E-state index in [1.54, 1.807) is 6.08 Å². The highest BCUT2D eigenvalue weighted by atomic mass is 16.7. The lowest BCUT2D eigenvalue weighted by molar-refractivity contribution is -0.369. The van der Waals surface area contributed by atoms with Crippen LogP contribution >= 0.6 is 0 Å². The Kier molecular flexibility index (Phi) is 6.79. The Morgan fingerprint density at radius 2 is 2.07 bits per heavy atom. The van der Waals surface area contributed by atoms with Crippen LogP contribution in [0.5, 0.6) is 11.5 Å². The van der Waals surface area contributed by atoms with Crippen molar-refractivity contribution in [3.63, 3.8) is 0 Å².